The molecule has 0 amide bonds. The molecule has 4 saturated carbocycles. The Balaban J connectivity index is 1.36. The van der Waals surface area contributed by atoms with Gasteiger partial charge in [-0.05, 0) is 62.2 Å². The number of hydrogen-bond donors (Lipinski definition) is 0. The zero-order valence-corrected chi connectivity index (χ0v) is 12.9. The van der Waals surface area contributed by atoms with Gasteiger partial charge in [0, 0.05) is 0 Å². The third-order valence-electron chi connectivity index (χ3n) is 6.43. The van der Waals surface area contributed by atoms with Crippen molar-refractivity contribution >= 4 is 10.1 Å². The molecule has 2 heterocycles. The van der Waals surface area contributed by atoms with E-state index < -0.39 is 15.4 Å². The van der Waals surface area contributed by atoms with E-state index in [4.69, 9.17) is 8.92 Å². The molecule has 116 valence electrons. The van der Waals surface area contributed by atoms with Crippen LogP contribution in [0.2, 0.25) is 0 Å². The van der Waals surface area contributed by atoms with Crippen LogP contribution in [0.3, 0.4) is 0 Å². The Kier molecular flexibility index (Phi) is 2.70. The van der Waals surface area contributed by atoms with E-state index in [9.17, 15) is 8.42 Å². The summed E-state index contributed by atoms with van der Waals surface area (Å²) in [6, 6.07) is 0. The number of ether oxygens (including phenoxy) is 1. The topological polar surface area (TPSA) is 52.6 Å². The molecule has 0 N–H and O–H groups in total. The maximum Gasteiger partial charge on any atom is 0.273 e. The van der Waals surface area contributed by atoms with Crippen LogP contribution >= 0.6 is 0 Å². The first-order valence-corrected chi connectivity index (χ1v) is 9.81. The predicted molar refractivity (Wildman–Crippen MR) is 77.0 cm³/mol. The molecule has 2 aliphatic heterocycles. The molecule has 0 radical (unpaired) electrons. The summed E-state index contributed by atoms with van der Waals surface area (Å²) < 4.78 is 36.8. The average molecular weight is 310 g/mol. The minimum atomic E-state index is -3.51. The van der Waals surface area contributed by atoms with Crippen LogP contribution in [0.25, 0.3) is 0 Å². The largest absolute Gasteiger partial charge is 0.365 e. The first kappa shape index (κ1) is 13.1. The highest BCUT2D eigenvalue weighted by atomic mass is 32.2. The molecule has 3 unspecified atom stereocenters. The molecule has 4 nitrogen and oxygen atoms in total. The van der Waals surface area contributed by atoms with Gasteiger partial charge in [-0.15, -0.1) is 0 Å². The Morgan fingerprint density at radius 3 is 2.10 bits per heavy atom. The first-order chi connectivity index (χ1) is 10.1. The zero-order chi connectivity index (χ0) is 14.2. The highest BCUT2D eigenvalue weighted by Gasteiger charge is 2.52. The molecule has 0 aromatic rings. The molecule has 5 heteroatoms. The summed E-state index contributed by atoms with van der Waals surface area (Å²) in [7, 11) is -3.51. The summed E-state index contributed by atoms with van der Waals surface area (Å²) in [5.74, 6) is 2.63. The molecule has 6 rings (SSSR count). The summed E-state index contributed by atoms with van der Waals surface area (Å²) in [6.07, 6.45) is 10.2. The van der Waals surface area contributed by atoms with Gasteiger partial charge in [0.15, 0.2) is 0 Å². The molecule has 0 aromatic carbocycles. The lowest BCUT2D eigenvalue weighted by atomic mass is 9.55. The summed E-state index contributed by atoms with van der Waals surface area (Å²) in [4.78, 5) is 0. The number of hydrogen-bond acceptors (Lipinski definition) is 4. The van der Waals surface area contributed by atoms with E-state index in [1.165, 1.54) is 32.1 Å². The summed E-state index contributed by atoms with van der Waals surface area (Å²) >= 11 is 0. The predicted octanol–water partition coefficient (Wildman–Crippen LogP) is 2.25. The molecule has 21 heavy (non-hydrogen) atoms. The van der Waals surface area contributed by atoms with Gasteiger partial charge in [-0.1, -0.05) is 12.2 Å². The van der Waals surface area contributed by atoms with Crippen molar-refractivity contribution < 1.29 is 17.3 Å². The lowest BCUT2D eigenvalue weighted by Gasteiger charge is -2.53. The van der Waals surface area contributed by atoms with E-state index in [-0.39, 0.29) is 18.3 Å². The Morgan fingerprint density at radius 1 is 0.905 bits per heavy atom. The maximum absolute atomic E-state index is 12.7. The van der Waals surface area contributed by atoms with Crippen molar-refractivity contribution in [2.45, 2.75) is 62.1 Å². The fraction of sp³-hybridized carbons (Fsp3) is 0.875. The fourth-order valence-corrected chi connectivity index (χ4v) is 7.45. The van der Waals surface area contributed by atoms with Crippen molar-refractivity contribution in [1.29, 1.82) is 0 Å². The van der Waals surface area contributed by atoms with Crippen LogP contribution in [0.15, 0.2) is 12.2 Å². The Morgan fingerprint density at radius 2 is 1.57 bits per heavy atom. The normalized spacial score (nSPS) is 53.7. The van der Waals surface area contributed by atoms with Gasteiger partial charge in [0.1, 0.15) is 5.25 Å². The number of fused-ring (bicyclic) bond motifs is 2. The molecule has 3 atom stereocenters. The third-order valence-corrected chi connectivity index (χ3v) is 8.13. The monoisotopic (exact) mass is 310 g/mol. The Hall–Kier alpha value is -0.390. The molecule has 0 spiro atoms. The van der Waals surface area contributed by atoms with Crippen LogP contribution in [0.4, 0.5) is 0 Å². The van der Waals surface area contributed by atoms with Crippen molar-refractivity contribution in [3.8, 4) is 0 Å². The van der Waals surface area contributed by atoms with E-state index >= 15 is 0 Å². The van der Waals surface area contributed by atoms with Crippen molar-refractivity contribution in [2.75, 3.05) is 0 Å². The summed E-state index contributed by atoms with van der Waals surface area (Å²) in [6.45, 7) is 0. The van der Waals surface area contributed by atoms with E-state index in [1.54, 1.807) is 0 Å². The molecule has 6 bridgehead atoms. The Labute approximate surface area is 126 Å². The minimum Gasteiger partial charge on any atom is -0.365 e. The standard InChI is InChI=1S/C16H22O4S/c17-21(18,15-8-13-1-2-14(15)19-13)20-16-11-4-9-3-10(6-11)7-12(16)5-9/h1-2,9-16H,3-8H2. The molecule has 0 aromatic heterocycles. The van der Waals surface area contributed by atoms with Gasteiger partial charge in [-0.3, -0.25) is 4.18 Å². The van der Waals surface area contributed by atoms with Crippen molar-refractivity contribution in [1.82, 2.24) is 0 Å². The van der Waals surface area contributed by atoms with Crippen LogP contribution in [-0.2, 0) is 19.0 Å². The van der Waals surface area contributed by atoms with Gasteiger partial charge in [0.2, 0.25) is 0 Å². The molecule has 1 saturated heterocycles. The average Bonchev–Trinajstić information content (AvgIpc) is 3.05. The van der Waals surface area contributed by atoms with Gasteiger partial charge < -0.3 is 4.74 Å². The van der Waals surface area contributed by atoms with Crippen LogP contribution in [0.1, 0.15) is 38.5 Å². The lowest BCUT2D eigenvalue weighted by molar-refractivity contribution is -0.0770. The quantitative estimate of drug-likeness (QED) is 0.593. The third kappa shape index (κ3) is 1.97. The minimum absolute atomic E-state index is 0.0168. The second kappa shape index (κ2) is 4.33. The van der Waals surface area contributed by atoms with E-state index in [0.717, 1.165) is 11.8 Å². The van der Waals surface area contributed by atoms with Gasteiger partial charge in [-0.25, -0.2) is 0 Å². The molecular formula is C16H22O4S. The van der Waals surface area contributed by atoms with Crippen molar-refractivity contribution in [3.63, 3.8) is 0 Å². The molecule has 5 fully saturated rings. The van der Waals surface area contributed by atoms with Crippen LogP contribution in [0.5, 0.6) is 0 Å². The SMILES string of the molecule is O=S(=O)(OC1C2CC3CC(C2)CC1C3)C1CC2C=CC1O2. The second-order valence-corrected chi connectivity index (χ2v) is 9.57. The van der Waals surface area contributed by atoms with E-state index in [2.05, 4.69) is 0 Å². The van der Waals surface area contributed by atoms with Gasteiger partial charge in [-0.2, -0.15) is 8.42 Å². The zero-order valence-electron chi connectivity index (χ0n) is 12.1. The summed E-state index contributed by atoms with van der Waals surface area (Å²) in [5, 5.41) is -0.482. The lowest BCUT2D eigenvalue weighted by Crippen LogP contribution is -2.51. The van der Waals surface area contributed by atoms with Crippen LogP contribution < -0.4 is 0 Å². The first-order valence-electron chi connectivity index (χ1n) is 8.34. The highest BCUT2D eigenvalue weighted by Crippen LogP contribution is 2.55. The van der Waals surface area contributed by atoms with Crippen molar-refractivity contribution in [2.24, 2.45) is 23.7 Å². The van der Waals surface area contributed by atoms with Crippen LogP contribution in [0, 0.1) is 23.7 Å². The maximum atomic E-state index is 12.7. The molecular weight excluding hydrogens is 288 g/mol. The van der Waals surface area contributed by atoms with Gasteiger partial charge >= 0.3 is 0 Å². The van der Waals surface area contributed by atoms with Gasteiger partial charge in [0.25, 0.3) is 10.1 Å². The van der Waals surface area contributed by atoms with Crippen LogP contribution in [-0.4, -0.2) is 32.0 Å². The smallest absolute Gasteiger partial charge is 0.273 e. The Bertz CT molecular complexity index is 553. The molecule has 4 aliphatic carbocycles. The number of rotatable bonds is 3. The highest BCUT2D eigenvalue weighted by molar-refractivity contribution is 7.87. The van der Waals surface area contributed by atoms with E-state index in [1.807, 2.05) is 12.2 Å². The van der Waals surface area contributed by atoms with Gasteiger partial charge in [0.05, 0.1) is 18.3 Å². The second-order valence-electron chi connectivity index (χ2n) is 7.78. The van der Waals surface area contributed by atoms with Crippen molar-refractivity contribution in [3.05, 3.63) is 12.2 Å². The molecule has 6 aliphatic rings. The van der Waals surface area contributed by atoms with E-state index in [0.29, 0.717) is 18.3 Å². The fourth-order valence-electron chi connectivity index (χ4n) is 5.78. The summed E-state index contributed by atoms with van der Waals surface area (Å²) in [5.41, 5.74) is 0.